The lowest BCUT2D eigenvalue weighted by atomic mass is 9.87. The molecule has 3 rings (SSSR count). The van der Waals surface area contributed by atoms with Crippen LogP contribution in [0.4, 0.5) is 0 Å². The van der Waals surface area contributed by atoms with Gasteiger partial charge in [0.2, 0.25) is 0 Å². The van der Waals surface area contributed by atoms with Crippen LogP contribution in [0.5, 0.6) is 0 Å². The van der Waals surface area contributed by atoms with Gasteiger partial charge in [0.1, 0.15) is 0 Å². The first-order valence-corrected chi connectivity index (χ1v) is 9.86. The second-order valence-electron chi connectivity index (χ2n) is 5.90. The zero-order valence-corrected chi connectivity index (χ0v) is 13.2. The van der Waals surface area contributed by atoms with Crippen molar-refractivity contribution in [3.05, 3.63) is 35.9 Å². The highest BCUT2D eigenvalue weighted by Gasteiger charge is 2.47. The summed E-state index contributed by atoms with van der Waals surface area (Å²) >= 11 is 3.61. The van der Waals surface area contributed by atoms with Gasteiger partial charge in [0.15, 0.2) is 9.84 Å². The molecule has 104 valence electrons. The molecule has 1 aliphatic carbocycles. The molecule has 2 nitrogen and oxygen atoms in total. The third kappa shape index (κ3) is 2.89. The minimum Gasteiger partial charge on any atom is -0.229 e. The standard InChI is InChI=1S/C15H19BrO2S/c16-9-15(12-6-7-19(17,18)10-12)14-8-13(14)11-4-2-1-3-5-11/h1-5,12-15H,6-10H2. The summed E-state index contributed by atoms with van der Waals surface area (Å²) in [6.45, 7) is 0. The molecule has 1 saturated carbocycles. The lowest BCUT2D eigenvalue weighted by molar-refractivity contribution is 0.356. The van der Waals surface area contributed by atoms with Crippen molar-refractivity contribution in [2.75, 3.05) is 16.8 Å². The molecule has 0 N–H and O–H groups in total. The van der Waals surface area contributed by atoms with E-state index in [4.69, 9.17) is 0 Å². The van der Waals surface area contributed by atoms with Crippen LogP contribution < -0.4 is 0 Å². The molecule has 0 aromatic heterocycles. The van der Waals surface area contributed by atoms with E-state index in [0.29, 0.717) is 35.2 Å². The molecule has 0 radical (unpaired) electrons. The van der Waals surface area contributed by atoms with E-state index >= 15 is 0 Å². The highest BCUT2D eigenvalue weighted by atomic mass is 79.9. The van der Waals surface area contributed by atoms with Gasteiger partial charge in [-0.1, -0.05) is 46.3 Å². The molecule has 0 bridgehead atoms. The van der Waals surface area contributed by atoms with Gasteiger partial charge in [-0.25, -0.2) is 8.42 Å². The summed E-state index contributed by atoms with van der Waals surface area (Å²) in [5.41, 5.74) is 1.42. The van der Waals surface area contributed by atoms with Crippen molar-refractivity contribution in [1.82, 2.24) is 0 Å². The van der Waals surface area contributed by atoms with E-state index in [1.165, 1.54) is 12.0 Å². The summed E-state index contributed by atoms with van der Waals surface area (Å²) in [5.74, 6) is 2.99. The molecule has 0 amide bonds. The van der Waals surface area contributed by atoms with Gasteiger partial charge >= 0.3 is 0 Å². The van der Waals surface area contributed by atoms with Crippen molar-refractivity contribution >= 4 is 25.8 Å². The fourth-order valence-corrected chi connectivity index (χ4v) is 6.43. The van der Waals surface area contributed by atoms with E-state index in [2.05, 4.69) is 40.2 Å². The molecular weight excluding hydrogens is 324 g/mol. The Morgan fingerprint density at radius 2 is 2.00 bits per heavy atom. The van der Waals surface area contributed by atoms with E-state index < -0.39 is 9.84 Å². The van der Waals surface area contributed by atoms with Crippen molar-refractivity contribution in [1.29, 1.82) is 0 Å². The molecule has 1 aliphatic heterocycles. The number of benzene rings is 1. The van der Waals surface area contributed by atoms with E-state index in [9.17, 15) is 8.42 Å². The second-order valence-corrected chi connectivity index (χ2v) is 8.77. The first kappa shape index (κ1) is 13.6. The zero-order chi connectivity index (χ0) is 13.5. The molecule has 4 unspecified atom stereocenters. The van der Waals surface area contributed by atoms with Crippen molar-refractivity contribution in [2.45, 2.75) is 18.8 Å². The highest BCUT2D eigenvalue weighted by Crippen LogP contribution is 2.55. The van der Waals surface area contributed by atoms with Crippen molar-refractivity contribution in [3.63, 3.8) is 0 Å². The van der Waals surface area contributed by atoms with Crippen molar-refractivity contribution < 1.29 is 8.42 Å². The topological polar surface area (TPSA) is 34.1 Å². The van der Waals surface area contributed by atoms with Gasteiger partial charge in [0, 0.05) is 5.33 Å². The quantitative estimate of drug-likeness (QED) is 0.787. The van der Waals surface area contributed by atoms with E-state index in [0.717, 1.165) is 11.8 Å². The largest absolute Gasteiger partial charge is 0.229 e. The minimum absolute atomic E-state index is 0.364. The lowest BCUT2D eigenvalue weighted by Gasteiger charge is -2.20. The Labute approximate surface area is 123 Å². The number of hydrogen-bond donors (Lipinski definition) is 0. The van der Waals surface area contributed by atoms with Gasteiger partial charge in [0.05, 0.1) is 11.5 Å². The normalized spacial score (nSPS) is 34.1. The molecule has 4 heteroatoms. The summed E-state index contributed by atoms with van der Waals surface area (Å²) in [7, 11) is -2.76. The molecule has 1 heterocycles. The van der Waals surface area contributed by atoms with Crippen LogP contribution in [0.2, 0.25) is 0 Å². The van der Waals surface area contributed by atoms with Crippen LogP contribution in [0.3, 0.4) is 0 Å². The second kappa shape index (κ2) is 5.21. The third-order valence-corrected chi connectivity index (χ3v) is 7.21. The SMILES string of the molecule is O=S1(=O)CCC(C(CBr)C2CC2c2ccccc2)C1. The molecule has 2 aliphatic rings. The number of alkyl halides is 1. The molecule has 1 aromatic carbocycles. The van der Waals surface area contributed by atoms with Gasteiger partial charge in [-0.05, 0) is 42.1 Å². The predicted octanol–water partition coefficient (Wildman–Crippen LogP) is 3.24. The molecule has 1 saturated heterocycles. The Bertz CT molecular complexity index is 541. The average molecular weight is 343 g/mol. The summed E-state index contributed by atoms with van der Waals surface area (Å²) in [5, 5.41) is 0.932. The van der Waals surface area contributed by atoms with E-state index in [1.54, 1.807) is 0 Å². The summed E-state index contributed by atoms with van der Waals surface area (Å²) in [4.78, 5) is 0. The van der Waals surface area contributed by atoms with Crippen LogP contribution in [-0.4, -0.2) is 25.3 Å². The molecule has 4 atom stereocenters. The van der Waals surface area contributed by atoms with E-state index in [-0.39, 0.29) is 0 Å². The maximum atomic E-state index is 11.6. The van der Waals surface area contributed by atoms with Gasteiger partial charge in [-0.2, -0.15) is 0 Å². The van der Waals surface area contributed by atoms with Gasteiger partial charge in [0.25, 0.3) is 0 Å². The van der Waals surface area contributed by atoms with Gasteiger partial charge in [-0.15, -0.1) is 0 Å². The number of halogens is 1. The van der Waals surface area contributed by atoms with Crippen LogP contribution in [0.15, 0.2) is 30.3 Å². The van der Waals surface area contributed by atoms with Crippen LogP contribution >= 0.6 is 15.9 Å². The third-order valence-electron chi connectivity index (χ3n) is 4.67. The molecule has 0 spiro atoms. The Morgan fingerprint density at radius 3 is 2.58 bits per heavy atom. The molecule has 19 heavy (non-hydrogen) atoms. The molecular formula is C15H19BrO2S. The van der Waals surface area contributed by atoms with E-state index in [1.807, 2.05) is 6.07 Å². The van der Waals surface area contributed by atoms with Crippen LogP contribution in [0.1, 0.15) is 24.3 Å². The van der Waals surface area contributed by atoms with Gasteiger partial charge in [-0.3, -0.25) is 0 Å². The summed E-state index contributed by atoms with van der Waals surface area (Å²) in [6, 6.07) is 10.6. The van der Waals surface area contributed by atoms with Crippen molar-refractivity contribution in [3.8, 4) is 0 Å². The Hall–Kier alpha value is -0.350. The monoisotopic (exact) mass is 342 g/mol. The van der Waals surface area contributed by atoms with Crippen LogP contribution in [0, 0.1) is 17.8 Å². The highest BCUT2D eigenvalue weighted by molar-refractivity contribution is 9.09. The smallest absolute Gasteiger partial charge is 0.150 e. The first-order valence-electron chi connectivity index (χ1n) is 6.92. The van der Waals surface area contributed by atoms with Crippen molar-refractivity contribution in [2.24, 2.45) is 17.8 Å². The fourth-order valence-electron chi connectivity index (χ4n) is 3.52. The number of sulfone groups is 1. The number of hydrogen-bond acceptors (Lipinski definition) is 2. The maximum Gasteiger partial charge on any atom is 0.150 e. The Balaban J connectivity index is 1.69. The Kier molecular flexibility index (Phi) is 3.73. The first-order chi connectivity index (χ1) is 9.11. The fraction of sp³-hybridized carbons (Fsp3) is 0.600. The molecule has 1 aromatic rings. The van der Waals surface area contributed by atoms with Crippen LogP contribution in [-0.2, 0) is 9.84 Å². The van der Waals surface area contributed by atoms with Gasteiger partial charge < -0.3 is 0 Å². The minimum atomic E-state index is -2.76. The maximum absolute atomic E-state index is 11.6. The summed E-state index contributed by atoms with van der Waals surface area (Å²) in [6.07, 6.45) is 2.08. The summed E-state index contributed by atoms with van der Waals surface area (Å²) < 4.78 is 23.3. The number of rotatable bonds is 4. The average Bonchev–Trinajstić information content (AvgIpc) is 3.10. The predicted molar refractivity (Wildman–Crippen MR) is 81.3 cm³/mol. The zero-order valence-electron chi connectivity index (χ0n) is 10.8. The molecule has 2 fully saturated rings. The lowest BCUT2D eigenvalue weighted by Crippen LogP contribution is -2.20. The van der Waals surface area contributed by atoms with Crippen LogP contribution in [0.25, 0.3) is 0 Å². The Morgan fingerprint density at radius 1 is 1.26 bits per heavy atom.